The number of carboxylic acid groups (broad SMARTS) is 1. The van der Waals surface area contributed by atoms with Gasteiger partial charge in [0.05, 0.1) is 5.41 Å². The molecule has 0 unspecified atom stereocenters. The van der Waals surface area contributed by atoms with E-state index in [1.54, 1.807) is 0 Å². The molecule has 0 heterocycles. The van der Waals surface area contributed by atoms with Crippen LogP contribution >= 0.6 is 0 Å². The molecule has 0 spiro atoms. The molecule has 0 radical (unpaired) electrons. The molecule has 0 atom stereocenters. The number of hydrogen-bond donors (Lipinski definition) is 2. The van der Waals surface area contributed by atoms with Gasteiger partial charge in [-0.2, -0.15) is 0 Å². The van der Waals surface area contributed by atoms with E-state index in [-0.39, 0.29) is 6.54 Å². The van der Waals surface area contributed by atoms with Crippen LogP contribution in [0.4, 0.5) is 0 Å². The summed E-state index contributed by atoms with van der Waals surface area (Å²) in [5.74, 6) is -1.61. The van der Waals surface area contributed by atoms with Gasteiger partial charge in [-0.25, -0.2) is 8.42 Å². The number of hydrogen-bond acceptors (Lipinski definition) is 4. The van der Waals surface area contributed by atoms with Crippen LogP contribution < -0.4 is 5.32 Å². The third-order valence-electron chi connectivity index (χ3n) is 3.37. The molecule has 0 aliphatic heterocycles. The van der Waals surface area contributed by atoms with E-state index in [1.165, 1.54) is 13.8 Å². The summed E-state index contributed by atoms with van der Waals surface area (Å²) in [6.07, 6.45) is 2.01. The predicted octanol–water partition coefficient (Wildman–Crippen LogP) is -0.209. The molecule has 0 aromatic rings. The number of carboxylic acids is 1. The normalized spacial score (nSPS) is 18.5. The third-order valence-corrected chi connectivity index (χ3v) is 5.41. The number of nitrogens with one attached hydrogen (secondary N) is 1. The highest BCUT2D eigenvalue weighted by Gasteiger charge is 2.51. The van der Waals surface area contributed by atoms with Gasteiger partial charge in [0.25, 0.3) is 0 Å². The van der Waals surface area contributed by atoms with Crippen LogP contribution in [0.3, 0.4) is 0 Å². The highest BCUT2D eigenvalue weighted by atomic mass is 32.2. The van der Waals surface area contributed by atoms with Crippen LogP contribution in [0.15, 0.2) is 0 Å². The van der Waals surface area contributed by atoms with Crippen molar-refractivity contribution in [2.45, 2.75) is 31.4 Å². The lowest BCUT2D eigenvalue weighted by Crippen LogP contribution is -2.49. The summed E-state index contributed by atoms with van der Waals surface area (Å²) in [6, 6.07) is 0. The fourth-order valence-corrected chi connectivity index (χ4v) is 1.66. The van der Waals surface area contributed by atoms with Gasteiger partial charge in [-0.1, -0.05) is 0 Å². The van der Waals surface area contributed by atoms with Gasteiger partial charge < -0.3 is 10.4 Å². The van der Waals surface area contributed by atoms with Crippen molar-refractivity contribution in [3.63, 3.8) is 0 Å². The Hall–Kier alpha value is -1.11. The molecule has 2 N–H and O–H groups in total. The first kappa shape index (κ1) is 14.0. The summed E-state index contributed by atoms with van der Waals surface area (Å²) in [5, 5.41) is 11.3. The molecule has 0 aromatic carbocycles. The topological polar surface area (TPSA) is 101 Å². The van der Waals surface area contributed by atoms with Gasteiger partial charge in [-0.05, 0) is 26.7 Å². The van der Waals surface area contributed by atoms with Gasteiger partial charge in [-0.3, -0.25) is 9.59 Å². The van der Waals surface area contributed by atoms with Crippen LogP contribution in [0.5, 0.6) is 0 Å². The van der Waals surface area contributed by atoms with E-state index in [4.69, 9.17) is 5.11 Å². The monoisotopic (exact) mass is 263 g/mol. The first-order valence-corrected chi connectivity index (χ1v) is 7.13. The van der Waals surface area contributed by atoms with Crippen LogP contribution in [-0.2, 0) is 19.4 Å². The SMILES string of the molecule is CC(C)(C(=O)NCC1(C(=O)O)CC1)S(C)(=O)=O. The molecule has 7 heteroatoms. The van der Waals surface area contributed by atoms with Gasteiger partial charge in [0.1, 0.15) is 4.75 Å². The van der Waals surface area contributed by atoms with Crippen molar-refractivity contribution in [3.05, 3.63) is 0 Å². The molecule has 6 nitrogen and oxygen atoms in total. The largest absolute Gasteiger partial charge is 0.481 e. The molecule has 1 saturated carbocycles. The van der Waals surface area contributed by atoms with E-state index < -0.39 is 31.9 Å². The van der Waals surface area contributed by atoms with Crippen molar-refractivity contribution in [2.75, 3.05) is 12.8 Å². The van der Waals surface area contributed by atoms with Crippen LogP contribution in [-0.4, -0.2) is 42.9 Å². The van der Waals surface area contributed by atoms with E-state index in [9.17, 15) is 18.0 Å². The molecule has 1 aliphatic rings. The van der Waals surface area contributed by atoms with Crippen molar-refractivity contribution in [1.29, 1.82) is 0 Å². The molecule has 98 valence electrons. The number of carbonyl (C=O) groups excluding carboxylic acids is 1. The first-order valence-electron chi connectivity index (χ1n) is 5.24. The van der Waals surface area contributed by atoms with Crippen LogP contribution in [0.2, 0.25) is 0 Å². The standard InChI is InChI=1S/C10H17NO5S/c1-9(2,17(3,15)16)7(12)11-6-10(4-5-10)8(13)14/h4-6H2,1-3H3,(H,11,12)(H,13,14). The highest BCUT2D eigenvalue weighted by molar-refractivity contribution is 7.92. The van der Waals surface area contributed by atoms with Crippen molar-refractivity contribution in [2.24, 2.45) is 5.41 Å². The second-order valence-electron chi connectivity index (χ2n) is 5.05. The summed E-state index contributed by atoms with van der Waals surface area (Å²) >= 11 is 0. The molecule has 1 amide bonds. The summed E-state index contributed by atoms with van der Waals surface area (Å²) in [7, 11) is -3.53. The molecule has 0 saturated heterocycles. The van der Waals surface area contributed by atoms with E-state index in [0.29, 0.717) is 12.8 Å². The quantitative estimate of drug-likeness (QED) is 0.715. The minimum atomic E-state index is -3.53. The lowest BCUT2D eigenvalue weighted by Gasteiger charge is -2.22. The Morgan fingerprint density at radius 3 is 2.12 bits per heavy atom. The van der Waals surface area contributed by atoms with Gasteiger partial charge >= 0.3 is 5.97 Å². The molecule has 1 rings (SSSR count). The molecule has 17 heavy (non-hydrogen) atoms. The second kappa shape index (κ2) is 3.97. The summed E-state index contributed by atoms with van der Waals surface area (Å²) < 4.78 is 21.2. The Labute approximate surface area is 100 Å². The predicted molar refractivity (Wildman–Crippen MR) is 61.2 cm³/mol. The minimum Gasteiger partial charge on any atom is -0.481 e. The Bertz CT molecular complexity index is 447. The number of rotatable bonds is 5. The van der Waals surface area contributed by atoms with E-state index >= 15 is 0 Å². The maximum atomic E-state index is 11.7. The zero-order valence-corrected chi connectivity index (χ0v) is 10.9. The number of aliphatic carboxylic acids is 1. The Morgan fingerprint density at radius 2 is 1.82 bits per heavy atom. The average Bonchev–Trinajstić information content (AvgIpc) is 2.93. The molecular formula is C10H17NO5S. The van der Waals surface area contributed by atoms with Crippen LogP contribution in [0.25, 0.3) is 0 Å². The smallest absolute Gasteiger partial charge is 0.311 e. The van der Waals surface area contributed by atoms with Crippen LogP contribution in [0, 0.1) is 5.41 Å². The highest BCUT2D eigenvalue weighted by Crippen LogP contribution is 2.45. The fraction of sp³-hybridized carbons (Fsp3) is 0.800. The summed E-state index contributed by atoms with van der Waals surface area (Å²) in [4.78, 5) is 22.6. The molecule has 0 aromatic heterocycles. The van der Waals surface area contributed by atoms with Gasteiger partial charge in [0, 0.05) is 12.8 Å². The van der Waals surface area contributed by atoms with Crippen molar-refractivity contribution in [1.82, 2.24) is 5.32 Å². The van der Waals surface area contributed by atoms with Gasteiger partial charge in [0.15, 0.2) is 9.84 Å². The zero-order valence-electron chi connectivity index (χ0n) is 10.1. The van der Waals surface area contributed by atoms with Crippen molar-refractivity contribution in [3.8, 4) is 0 Å². The number of carbonyl (C=O) groups is 2. The zero-order chi connectivity index (χ0) is 13.5. The van der Waals surface area contributed by atoms with Gasteiger partial charge in [-0.15, -0.1) is 0 Å². The van der Waals surface area contributed by atoms with Crippen molar-refractivity contribution >= 4 is 21.7 Å². The fourth-order valence-electron chi connectivity index (χ4n) is 1.25. The molecule has 0 bridgehead atoms. The molecule has 1 fully saturated rings. The van der Waals surface area contributed by atoms with Crippen molar-refractivity contribution < 1.29 is 23.1 Å². The summed E-state index contributed by atoms with van der Waals surface area (Å²) in [6.45, 7) is 2.59. The minimum absolute atomic E-state index is 0.0138. The second-order valence-corrected chi connectivity index (χ2v) is 7.62. The lowest BCUT2D eigenvalue weighted by molar-refractivity contribution is -0.143. The summed E-state index contributed by atoms with van der Waals surface area (Å²) in [5.41, 5.74) is -0.886. The van der Waals surface area contributed by atoms with Gasteiger partial charge in [0.2, 0.25) is 5.91 Å². The van der Waals surface area contributed by atoms with Crippen LogP contribution in [0.1, 0.15) is 26.7 Å². The maximum absolute atomic E-state index is 11.7. The molecule has 1 aliphatic carbocycles. The average molecular weight is 263 g/mol. The third kappa shape index (κ3) is 2.59. The van der Waals surface area contributed by atoms with E-state index in [2.05, 4.69) is 5.32 Å². The number of sulfone groups is 1. The maximum Gasteiger partial charge on any atom is 0.311 e. The molecular weight excluding hydrogens is 246 g/mol. The van der Waals surface area contributed by atoms with E-state index in [1.807, 2.05) is 0 Å². The Balaban J connectivity index is 2.66. The number of amides is 1. The first-order chi connectivity index (χ1) is 7.53. The lowest BCUT2D eigenvalue weighted by atomic mass is 10.1. The Kier molecular flexibility index (Phi) is 3.26. The Morgan fingerprint density at radius 1 is 1.35 bits per heavy atom. The van der Waals surface area contributed by atoms with E-state index in [0.717, 1.165) is 6.26 Å².